The Morgan fingerprint density at radius 2 is 2.33 bits per heavy atom. The van der Waals surface area contributed by atoms with Crippen LogP contribution in [-0.4, -0.2) is 10.1 Å². The second kappa shape index (κ2) is 4.35. The van der Waals surface area contributed by atoms with Gasteiger partial charge >= 0.3 is 0 Å². The molecule has 1 heterocycles. The minimum absolute atomic E-state index is 0.611. The fourth-order valence-corrected chi connectivity index (χ4v) is 1.99. The molecule has 4 nitrogen and oxygen atoms in total. The molecule has 0 saturated carbocycles. The Bertz CT molecular complexity index is 442. The van der Waals surface area contributed by atoms with Crippen LogP contribution in [-0.2, 0) is 5.75 Å². The number of nitrogens with zero attached hydrogens (tertiary/aromatic N) is 2. The van der Waals surface area contributed by atoms with Crippen LogP contribution >= 0.6 is 11.8 Å². The highest BCUT2D eigenvalue weighted by Crippen LogP contribution is 2.27. The van der Waals surface area contributed by atoms with Crippen molar-refractivity contribution in [1.29, 1.82) is 0 Å². The smallest absolute Gasteiger partial charge is 0.236 e. The first-order valence-corrected chi connectivity index (χ1v) is 5.49. The zero-order valence-electron chi connectivity index (χ0n) is 8.30. The molecule has 0 bridgehead atoms. The number of hydrogen-bond acceptors (Lipinski definition) is 5. The zero-order chi connectivity index (χ0) is 10.7. The van der Waals surface area contributed by atoms with Crippen LogP contribution < -0.4 is 5.73 Å². The van der Waals surface area contributed by atoms with Crippen molar-refractivity contribution in [1.82, 2.24) is 10.1 Å². The zero-order valence-corrected chi connectivity index (χ0v) is 9.12. The van der Waals surface area contributed by atoms with Gasteiger partial charge in [0, 0.05) is 10.6 Å². The van der Waals surface area contributed by atoms with Crippen LogP contribution in [0.1, 0.15) is 11.5 Å². The fraction of sp³-hybridized carbons (Fsp3) is 0.200. The van der Waals surface area contributed by atoms with Gasteiger partial charge in [-0.25, -0.2) is 0 Å². The first-order valence-electron chi connectivity index (χ1n) is 4.50. The molecular weight excluding hydrogens is 210 g/mol. The molecule has 0 atom stereocenters. The number of aromatic nitrogens is 2. The summed E-state index contributed by atoms with van der Waals surface area (Å²) in [6.07, 6.45) is 1.40. The number of rotatable bonds is 3. The molecule has 2 N–H and O–H groups in total. The molecule has 1 aromatic heterocycles. The maximum absolute atomic E-state index is 5.87. The summed E-state index contributed by atoms with van der Waals surface area (Å²) in [5.41, 5.74) is 7.83. The Labute approximate surface area is 91.9 Å². The van der Waals surface area contributed by atoms with Crippen LogP contribution in [0.5, 0.6) is 0 Å². The predicted octanol–water partition coefficient (Wildman–Crippen LogP) is 2.25. The summed E-state index contributed by atoms with van der Waals surface area (Å²) in [7, 11) is 0. The van der Waals surface area contributed by atoms with E-state index < -0.39 is 0 Å². The maximum Gasteiger partial charge on any atom is 0.236 e. The Morgan fingerprint density at radius 3 is 3.00 bits per heavy atom. The van der Waals surface area contributed by atoms with Gasteiger partial charge in [-0.2, -0.15) is 4.98 Å². The number of thioether (sulfide) groups is 1. The van der Waals surface area contributed by atoms with E-state index in [2.05, 4.69) is 10.1 Å². The summed E-state index contributed by atoms with van der Waals surface area (Å²) in [4.78, 5) is 4.98. The first kappa shape index (κ1) is 10.0. The molecule has 15 heavy (non-hydrogen) atoms. The van der Waals surface area contributed by atoms with Crippen LogP contribution in [0.3, 0.4) is 0 Å². The van der Waals surface area contributed by atoms with Gasteiger partial charge in [0.15, 0.2) is 6.33 Å². The number of hydrogen-bond donors (Lipinski definition) is 1. The van der Waals surface area contributed by atoms with Crippen LogP contribution in [0.15, 0.2) is 33.9 Å². The molecular formula is C10H11N3OS. The van der Waals surface area contributed by atoms with Crippen molar-refractivity contribution >= 4 is 17.4 Å². The monoisotopic (exact) mass is 221 g/mol. The second-order valence-corrected chi connectivity index (χ2v) is 4.18. The lowest BCUT2D eigenvalue weighted by Gasteiger charge is -2.04. The Balaban J connectivity index is 2.05. The van der Waals surface area contributed by atoms with Gasteiger partial charge in [-0.15, -0.1) is 11.8 Å². The topological polar surface area (TPSA) is 64.9 Å². The van der Waals surface area contributed by atoms with Crippen molar-refractivity contribution in [2.75, 3.05) is 5.73 Å². The predicted molar refractivity (Wildman–Crippen MR) is 59.5 cm³/mol. The van der Waals surface area contributed by atoms with Crippen molar-refractivity contribution in [2.45, 2.75) is 17.6 Å². The summed E-state index contributed by atoms with van der Waals surface area (Å²) in [6.45, 7) is 2.02. The molecule has 0 fully saturated rings. The van der Waals surface area contributed by atoms with Crippen molar-refractivity contribution in [3.63, 3.8) is 0 Å². The van der Waals surface area contributed by atoms with Crippen LogP contribution in [0.25, 0.3) is 0 Å². The highest BCUT2D eigenvalue weighted by molar-refractivity contribution is 7.98. The molecule has 2 rings (SSSR count). The van der Waals surface area contributed by atoms with Gasteiger partial charge in [0.25, 0.3) is 0 Å². The van der Waals surface area contributed by atoms with Crippen LogP contribution in [0.2, 0.25) is 0 Å². The SMILES string of the molecule is Cc1ccc(SCc2ncno2)c(N)c1. The van der Waals surface area contributed by atoms with E-state index in [9.17, 15) is 0 Å². The highest BCUT2D eigenvalue weighted by atomic mass is 32.2. The standard InChI is InChI=1S/C10H11N3OS/c1-7-2-3-9(8(11)4-7)15-5-10-12-6-13-14-10/h2-4,6H,5,11H2,1H3. The van der Waals surface area contributed by atoms with E-state index in [1.165, 1.54) is 6.33 Å². The van der Waals surface area contributed by atoms with E-state index in [1.54, 1.807) is 11.8 Å². The van der Waals surface area contributed by atoms with Crippen LogP contribution in [0, 0.1) is 6.92 Å². The highest BCUT2D eigenvalue weighted by Gasteiger charge is 2.03. The lowest BCUT2D eigenvalue weighted by Crippen LogP contribution is -1.90. The Kier molecular flexibility index (Phi) is 2.91. The van der Waals surface area contributed by atoms with E-state index in [0.29, 0.717) is 11.6 Å². The first-order chi connectivity index (χ1) is 7.25. The minimum Gasteiger partial charge on any atom is -0.398 e. The van der Waals surface area contributed by atoms with Gasteiger partial charge in [-0.05, 0) is 24.6 Å². The quantitative estimate of drug-likeness (QED) is 0.636. The van der Waals surface area contributed by atoms with Crippen molar-refractivity contribution in [2.24, 2.45) is 0 Å². The van der Waals surface area contributed by atoms with E-state index >= 15 is 0 Å². The van der Waals surface area contributed by atoms with Gasteiger partial charge in [-0.1, -0.05) is 11.2 Å². The number of anilines is 1. The van der Waals surface area contributed by atoms with E-state index in [-0.39, 0.29) is 0 Å². The molecule has 0 amide bonds. The van der Waals surface area contributed by atoms with Crippen molar-refractivity contribution < 1.29 is 4.52 Å². The Morgan fingerprint density at radius 1 is 1.47 bits per heavy atom. The number of aryl methyl sites for hydroxylation is 1. The molecule has 0 aliphatic rings. The summed E-state index contributed by atoms with van der Waals surface area (Å²) in [5, 5.41) is 3.54. The molecule has 5 heteroatoms. The molecule has 78 valence electrons. The molecule has 2 aromatic rings. The third-order valence-electron chi connectivity index (χ3n) is 1.92. The van der Waals surface area contributed by atoms with Gasteiger partial charge in [0.2, 0.25) is 5.89 Å². The minimum atomic E-state index is 0.611. The van der Waals surface area contributed by atoms with Gasteiger partial charge in [0.05, 0.1) is 5.75 Å². The van der Waals surface area contributed by atoms with Crippen molar-refractivity contribution in [3.05, 3.63) is 36.0 Å². The summed E-state index contributed by atoms with van der Waals surface area (Å²) in [6, 6.07) is 5.99. The van der Waals surface area contributed by atoms with E-state index in [0.717, 1.165) is 16.1 Å². The summed E-state index contributed by atoms with van der Waals surface area (Å²) in [5.74, 6) is 1.26. The number of nitrogens with two attached hydrogens (primary N) is 1. The lowest BCUT2D eigenvalue weighted by atomic mass is 10.2. The molecule has 1 aromatic carbocycles. The number of benzene rings is 1. The maximum atomic E-state index is 5.87. The van der Waals surface area contributed by atoms with Gasteiger partial charge < -0.3 is 10.3 Å². The summed E-state index contributed by atoms with van der Waals surface area (Å²) < 4.78 is 4.90. The van der Waals surface area contributed by atoms with E-state index in [1.807, 2.05) is 25.1 Å². The third-order valence-corrected chi connectivity index (χ3v) is 3.00. The molecule has 0 aliphatic carbocycles. The molecule has 0 unspecified atom stereocenters. The van der Waals surface area contributed by atoms with Crippen LogP contribution in [0.4, 0.5) is 5.69 Å². The van der Waals surface area contributed by atoms with Gasteiger partial charge in [-0.3, -0.25) is 0 Å². The molecule has 0 radical (unpaired) electrons. The van der Waals surface area contributed by atoms with Gasteiger partial charge in [0.1, 0.15) is 0 Å². The molecule has 0 spiro atoms. The Hall–Kier alpha value is -1.49. The third kappa shape index (κ3) is 2.50. The second-order valence-electron chi connectivity index (χ2n) is 3.16. The van der Waals surface area contributed by atoms with E-state index in [4.69, 9.17) is 10.3 Å². The number of nitrogen functional groups attached to an aromatic ring is 1. The largest absolute Gasteiger partial charge is 0.398 e. The average molecular weight is 221 g/mol. The molecule has 0 saturated heterocycles. The fourth-order valence-electron chi connectivity index (χ4n) is 1.20. The van der Waals surface area contributed by atoms with Crippen molar-refractivity contribution in [3.8, 4) is 0 Å². The lowest BCUT2D eigenvalue weighted by molar-refractivity contribution is 0.390. The normalized spacial score (nSPS) is 10.5. The average Bonchev–Trinajstić information content (AvgIpc) is 2.69. The summed E-state index contributed by atoms with van der Waals surface area (Å²) >= 11 is 1.59. The molecule has 0 aliphatic heterocycles.